The molecule has 7 rings (SSSR count). The Hall–Kier alpha value is -5.29. The van der Waals surface area contributed by atoms with E-state index in [1.165, 1.54) is 14.4 Å². The number of ether oxygens (including phenoxy) is 1. The van der Waals surface area contributed by atoms with Gasteiger partial charge in [0.05, 0.1) is 22.3 Å². The molecule has 3 amide bonds. The van der Waals surface area contributed by atoms with E-state index in [4.69, 9.17) is 4.74 Å². The Kier molecular flexibility index (Phi) is 5.96. The molecule has 3 aliphatic heterocycles. The summed E-state index contributed by atoms with van der Waals surface area (Å²) in [7, 11) is 0. The number of fused-ring (bicyclic) bond motifs is 5. The van der Waals surface area contributed by atoms with Gasteiger partial charge in [0.15, 0.2) is 5.82 Å². The van der Waals surface area contributed by atoms with E-state index in [1.807, 2.05) is 30.3 Å². The highest BCUT2D eigenvalue weighted by Crippen LogP contribution is 2.52. The fourth-order valence-electron chi connectivity index (χ4n) is 6.46. The van der Waals surface area contributed by atoms with Gasteiger partial charge in [-0.3, -0.25) is 28.8 Å². The molecule has 1 saturated heterocycles. The highest BCUT2D eigenvalue weighted by atomic mass is 16.6. The third-order valence-corrected chi connectivity index (χ3v) is 8.46. The number of rotatable bonds is 4. The molecular formula is C32H27N5O6. The fourth-order valence-corrected chi connectivity index (χ4v) is 6.46. The number of benzene rings is 3. The summed E-state index contributed by atoms with van der Waals surface area (Å²) in [5.74, 6) is -0.816. The lowest BCUT2D eigenvalue weighted by Gasteiger charge is -2.39. The van der Waals surface area contributed by atoms with Crippen molar-refractivity contribution in [1.29, 1.82) is 0 Å². The fraction of sp³-hybridized carbons (Fsp3) is 0.219. The van der Waals surface area contributed by atoms with Crippen LogP contribution in [0, 0.1) is 0 Å². The number of carbonyl (C=O) groups is 3. The summed E-state index contributed by atoms with van der Waals surface area (Å²) in [4.78, 5) is 61.8. The predicted molar refractivity (Wildman–Crippen MR) is 156 cm³/mol. The van der Waals surface area contributed by atoms with Crippen LogP contribution in [0.3, 0.4) is 0 Å². The first-order chi connectivity index (χ1) is 20.7. The summed E-state index contributed by atoms with van der Waals surface area (Å²) < 4.78 is 6.86. The zero-order valence-electron chi connectivity index (χ0n) is 23.1. The normalized spacial score (nSPS) is 24.0. The molecular weight excluding hydrogens is 550 g/mol. The number of amides is 3. The number of aromatic nitrogens is 2. The van der Waals surface area contributed by atoms with Gasteiger partial charge in [-0.05, 0) is 30.7 Å². The van der Waals surface area contributed by atoms with E-state index in [2.05, 4.69) is 16.9 Å². The lowest BCUT2D eigenvalue weighted by molar-refractivity contribution is -0.127. The molecule has 0 unspecified atom stereocenters. The van der Waals surface area contributed by atoms with Gasteiger partial charge in [0.25, 0.3) is 11.5 Å². The summed E-state index contributed by atoms with van der Waals surface area (Å²) in [6.45, 7) is 5.42. The van der Waals surface area contributed by atoms with Crippen molar-refractivity contribution in [3.05, 3.63) is 113 Å². The Morgan fingerprint density at radius 2 is 1.72 bits per heavy atom. The van der Waals surface area contributed by atoms with Crippen molar-refractivity contribution >= 4 is 40.2 Å². The van der Waals surface area contributed by atoms with Crippen molar-refractivity contribution in [3.8, 4) is 0 Å². The van der Waals surface area contributed by atoms with Gasteiger partial charge in [0.2, 0.25) is 5.91 Å². The molecule has 11 nitrogen and oxygen atoms in total. The van der Waals surface area contributed by atoms with Crippen molar-refractivity contribution in [2.45, 2.75) is 43.8 Å². The monoisotopic (exact) mass is 577 g/mol. The topological polar surface area (TPSA) is 134 Å². The maximum absolute atomic E-state index is 13.8. The third kappa shape index (κ3) is 3.88. The Balaban J connectivity index is 1.33. The molecule has 0 spiro atoms. The summed E-state index contributed by atoms with van der Waals surface area (Å²) >= 11 is 0. The number of hydrogen-bond acceptors (Lipinski definition) is 7. The van der Waals surface area contributed by atoms with Crippen molar-refractivity contribution in [1.82, 2.24) is 19.8 Å². The number of para-hydroxylation sites is 2. The Morgan fingerprint density at radius 3 is 2.51 bits per heavy atom. The van der Waals surface area contributed by atoms with Crippen LogP contribution in [-0.4, -0.2) is 49.7 Å². The molecule has 1 aromatic heterocycles. The number of nitrogens with zero attached hydrogens (tertiary/aromatic N) is 4. The third-order valence-electron chi connectivity index (χ3n) is 8.46. The number of aliphatic hydroxyl groups is 1. The largest absolute Gasteiger partial charge is 0.444 e. The molecule has 2 N–H and O–H groups in total. The van der Waals surface area contributed by atoms with Crippen LogP contribution in [-0.2, 0) is 26.5 Å². The Bertz CT molecular complexity index is 1910. The molecule has 0 bridgehead atoms. The molecule has 43 heavy (non-hydrogen) atoms. The molecule has 3 aliphatic rings. The first-order valence-electron chi connectivity index (χ1n) is 13.9. The molecule has 0 aliphatic carbocycles. The zero-order chi connectivity index (χ0) is 30.0. The van der Waals surface area contributed by atoms with E-state index in [0.29, 0.717) is 22.2 Å². The highest BCUT2D eigenvalue weighted by molar-refractivity contribution is 6.05. The molecule has 4 heterocycles. The SMILES string of the molecule is C=C1NC(=O)[C@@H](C[C@]2(O)c3ccccc3N3C(=O)[C@H](C)N(C(=O)OCc4ccccc4)[C@@H]32)n2c1nc1ccccc1c2=O. The van der Waals surface area contributed by atoms with Crippen LogP contribution >= 0.6 is 0 Å². The molecule has 4 aromatic rings. The first-order valence-corrected chi connectivity index (χ1v) is 13.9. The van der Waals surface area contributed by atoms with E-state index in [9.17, 15) is 24.3 Å². The van der Waals surface area contributed by atoms with E-state index < -0.39 is 47.3 Å². The number of anilines is 1. The van der Waals surface area contributed by atoms with Gasteiger partial charge in [-0.1, -0.05) is 67.2 Å². The Morgan fingerprint density at radius 1 is 1.02 bits per heavy atom. The van der Waals surface area contributed by atoms with Crippen LogP contribution in [0.5, 0.6) is 0 Å². The highest BCUT2D eigenvalue weighted by Gasteiger charge is 2.63. The first kappa shape index (κ1) is 26.6. The number of carbonyl (C=O) groups excluding carboxylic acids is 3. The van der Waals surface area contributed by atoms with Gasteiger partial charge in [-0.2, -0.15) is 0 Å². The van der Waals surface area contributed by atoms with Crippen molar-refractivity contribution in [2.24, 2.45) is 0 Å². The summed E-state index contributed by atoms with van der Waals surface area (Å²) in [5.41, 5.74) is -0.328. The van der Waals surface area contributed by atoms with Gasteiger partial charge in [0.1, 0.15) is 30.5 Å². The average Bonchev–Trinajstić information content (AvgIpc) is 3.43. The molecule has 216 valence electrons. The van der Waals surface area contributed by atoms with E-state index in [-0.39, 0.29) is 24.5 Å². The maximum atomic E-state index is 13.8. The predicted octanol–water partition coefficient (Wildman–Crippen LogP) is 3.03. The van der Waals surface area contributed by atoms with E-state index in [1.54, 1.807) is 55.5 Å². The van der Waals surface area contributed by atoms with Crippen molar-refractivity contribution < 1.29 is 24.2 Å². The van der Waals surface area contributed by atoms with E-state index in [0.717, 1.165) is 5.56 Å². The second kappa shape index (κ2) is 9.63. The number of hydrogen-bond donors (Lipinski definition) is 2. The summed E-state index contributed by atoms with van der Waals surface area (Å²) in [6.07, 6.45) is -2.38. The molecule has 3 aromatic carbocycles. The van der Waals surface area contributed by atoms with Crippen LogP contribution in [0.15, 0.2) is 90.2 Å². The minimum Gasteiger partial charge on any atom is -0.444 e. The van der Waals surface area contributed by atoms with Crippen molar-refractivity contribution in [3.63, 3.8) is 0 Å². The van der Waals surface area contributed by atoms with Crippen LogP contribution in [0.2, 0.25) is 0 Å². The second-order valence-corrected chi connectivity index (χ2v) is 11.0. The van der Waals surface area contributed by atoms with Gasteiger partial charge in [-0.25, -0.2) is 9.78 Å². The van der Waals surface area contributed by atoms with Crippen LogP contribution in [0.25, 0.3) is 16.6 Å². The van der Waals surface area contributed by atoms with Crippen LogP contribution in [0.4, 0.5) is 10.5 Å². The molecule has 0 radical (unpaired) electrons. The molecule has 0 saturated carbocycles. The molecule has 11 heteroatoms. The minimum atomic E-state index is -1.97. The van der Waals surface area contributed by atoms with E-state index >= 15 is 0 Å². The average molecular weight is 578 g/mol. The molecule has 1 fully saturated rings. The van der Waals surface area contributed by atoms with Crippen LogP contribution < -0.4 is 15.8 Å². The lowest BCUT2D eigenvalue weighted by Crippen LogP contribution is -2.56. The van der Waals surface area contributed by atoms with Gasteiger partial charge in [0, 0.05) is 12.0 Å². The smallest absolute Gasteiger partial charge is 0.412 e. The zero-order valence-corrected chi connectivity index (χ0v) is 23.1. The second-order valence-electron chi connectivity index (χ2n) is 11.0. The van der Waals surface area contributed by atoms with Crippen molar-refractivity contribution in [2.75, 3.05) is 4.90 Å². The summed E-state index contributed by atoms with van der Waals surface area (Å²) in [6, 6.07) is 20.4. The standard InChI is InChI=1S/C32H27N5O6/c1-18-26-34-23-14-8-6-12-21(23)29(40)36(26)25(27(38)33-18)16-32(42)22-13-7-9-15-24(22)37-28(39)19(2)35(30(32)37)31(41)43-17-20-10-4-3-5-11-20/h3-15,19,25,30,42H,1,16-17H2,2H3,(H,33,38)/t19-,25+,30-,32-/m0/s1. The van der Waals surface area contributed by atoms with Gasteiger partial charge < -0.3 is 15.2 Å². The number of nitrogens with one attached hydrogen (secondary N) is 1. The van der Waals surface area contributed by atoms with Gasteiger partial charge >= 0.3 is 6.09 Å². The quantitative estimate of drug-likeness (QED) is 0.381. The van der Waals surface area contributed by atoms with Gasteiger partial charge in [-0.15, -0.1) is 0 Å². The lowest BCUT2D eigenvalue weighted by atomic mass is 9.85. The van der Waals surface area contributed by atoms with Crippen LogP contribution in [0.1, 0.15) is 36.3 Å². The minimum absolute atomic E-state index is 0.0379. The Labute approximate surface area is 245 Å². The summed E-state index contributed by atoms with van der Waals surface area (Å²) in [5, 5.41) is 15.6. The molecule has 4 atom stereocenters. The maximum Gasteiger partial charge on any atom is 0.412 e.